The Hall–Kier alpha value is -2.54. The van der Waals surface area contributed by atoms with Crippen LogP contribution < -0.4 is 5.32 Å². The number of benzene rings is 2. The van der Waals surface area contributed by atoms with Crippen LogP contribution in [0.15, 0.2) is 78.9 Å². The van der Waals surface area contributed by atoms with E-state index in [0.717, 1.165) is 23.4 Å². The van der Waals surface area contributed by atoms with E-state index < -0.39 is 0 Å². The predicted molar refractivity (Wildman–Crippen MR) is 137 cm³/mol. The molecule has 0 saturated heterocycles. The molecule has 1 nitrogen and oxygen atoms in total. The monoisotopic (exact) mass is 393 g/mol. The average molecular weight is 394 g/mol. The van der Waals surface area contributed by atoms with Crippen molar-refractivity contribution < 1.29 is 0 Å². The lowest BCUT2D eigenvalue weighted by atomic mass is 9.98. The Labute approximate surface area is 180 Å². The maximum absolute atomic E-state index is 4.22. The lowest BCUT2D eigenvalue weighted by molar-refractivity contribution is 0.963. The normalized spacial score (nSPS) is 10.0. The molecule has 0 aliphatic heterocycles. The van der Waals surface area contributed by atoms with Crippen LogP contribution in [0.25, 0.3) is 16.5 Å². The van der Waals surface area contributed by atoms with Crippen LogP contribution in [0.4, 0.5) is 0 Å². The molecule has 0 amide bonds. The first-order chi connectivity index (χ1) is 14.0. The van der Waals surface area contributed by atoms with Crippen LogP contribution in [-0.2, 0) is 0 Å². The number of fused-ring (bicyclic) bond motifs is 1. The predicted octanol–water partition coefficient (Wildman–Crippen LogP) is 8.87. The van der Waals surface area contributed by atoms with Crippen molar-refractivity contribution in [2.75, 3.05) is 6.54 Å². The summed E-state index contributed by atoms with van der Waals surface area (Å²) in [5, 5.41) is 5.97. The second-order valence-corrected chi connectivity index (χ2v) is 5.79. The van der Waals surface area contributed by atoms with Gasteiger partial charge in [0.05, 0.1) is 0 Å². The summed E-state index contributed by atoms with van der Waals surface area (Å²) < 4.78 is 0. The summed E-state index contributed by atoms with van der Waals surface area (Å²) in [6.07, 6.45) is 6.15. The fourth-order valence-electron chi connectivity index (χ4n) is 2.62. The van der Waals surface area contributed by atoms with Crippen molar-refractivity contribution in [3.8, 4) is 0 Å². The van der Waals surface area contributed by atoms with Crippen LogP contribution >= 0.6 is 0 Å². The Morgan fingerprint density at radius 1 is 0.931 bits per heavy atom. The van der Waals surface area contributed by atoms with E-state index in [9.17, 15) is 0 Å². The summed E-state index contributed by atoms with van der Waals surface area (Å²) in [6, 6.07) is 12.7. The molecular weight excluding hydrogens is 350 g/mol. The van der Waals surface area contributed by atoms with Crippen LogP contribution in [-0.4, -0.2) is 6.54 Å². The zero-order chi connectivity index (χ0) is 22.8. The molecule has 0 spiro atoms. The second-order valence-electron chi connectivity index (χ2n) is 5.79. The van der Waals surface area contributed by atoms with Gasteiger partial charge in [0.2, 0.25) is 0 Å². The number of rotatable bonds is 6. The lowest BCUT2D eigenvalue weighted by Crippen LogP contribution is -2.16. The third-order valence-corrected chi connectivity index (χ3v) is 4.05. The topological polar surface area (TPSA) is 12.0 Å². The molecule has 2 aromatic rings. The highest BCUT2D eigenvalue weighted by molar-refractivity contribution is 5.89. The minimum absolute atomic E-state index is 0.727. The number of hydrogen-bond donors (Lipinski definition) is 1. The van der Waals surface area contributed by atoms with E-state index in [1.54, 1.807) is 0 Å². The molecule has 1 N–H and O–H groups in total. The van der Waals surface area contributed by atoms with E-state index in [2.05, 4.69) is 67.9 Å². The molecule has 160 valence electrons. The minimum Gasteiger partial charge on any atom is -0.381 e. The minimum atomic E-state index is 0.727. The van der Waals surface area contributed by atoms with E-state index in [-0.39, 0.29) is 0 Å². The molecule has 0 saturated carbocycles. The van der Waals surface area contributed by atoms with Gasteiger partial charge in [0.1, 0.15) is 0 Å². The van der Waals surface area contributed by atoms with Gasteiger partial charge in [-0.05, 0) is 42.7 Å². The fraction of sp³-hybridized carbons (Fsp3) is 0.357. The van der Waals surface area contributed by atoms with Gasteiger partial charge in [-0.25, -0.2) is 0 Å². The highest BCUT2D eigenvalue weighted by Crippen LogP contribution is 2.25. The summed E-state index contributed by atoms with van der Waals surface area (Å²) in [7, 11) is 0. The van der Waals surface area contributed by atoms with Crippen molar-refractivity contribution in [1.29, 1.82) is 0 Å². The van der Waals surface area contributed by atoms with Crippen molar-refractivity contribution in [3.05, 3.63) is 90.1 Å². The molecule has 29 heavy (non-hydrogen) atoms. The summed E-state index contributed by atoms with van der Waals surface area (Å²) in [6.45, 7) is 27.2. The molecule has 0 aliphatic carbocycles. The Balaban J connectivity index is 0. The van der Waals surface area contributed by atoms with Crippen LogP contribution in [0.1, 0.15) is 66.5 Å². The maximum atomic E-state index is 4.22. The first-order valence-corrected chi connectivity index (χ1v) is 10.9. The Bertz CT molecular complexity index is 791. The molecule has 0 unspecified atom stereocenters. The van der Waals surface area contributed by atoms with Gasteiger partial charge in [-0.2, -0.15) is 0 Å². The van der Waals surface area contributed by atoms with Crippen molar-refractivity contribution in [1.82, 2.24) is 5.32 Å². The highest BCUT2D eigenvalue weighted by atomic mass is 14.9. The molecule has 0 radical (unpaired) electrons. The van der Waals surface area contributed by atoms with Gasteiger partial charge in [-0.1, -0.05) is 115 Å². The van der Waals surface area contributed by atoms with Crippen LogP contribution in [0, 0.1) is 6.92 Å². The zero-order valence-corrected chi connectivity index (χ0v) is 20.3. The Morgan fingerprint density at radius 3 is 2.07 bits per heavy atom. The average Bonchev–Trinajstić information content (AvgIpc) is 2.78. The molecule has 0 bridgehead atoms. The molecule has 0 atom stereocenters. The van der Waals surface area contributed by atoms with E-state index in [1.165, 1.54) is 21.9 Å². The third-order valence-electron chi connectivity index (χ3n) is 4.05. The first kappa shape index (κ1) is 28.7. The van der Waals surface area contributed by atoms with Gasteiger partial charge in [0, 0.05) is 17.8 Å². The molecule has 0 heterocycles. The van der Waals surface area contributed by atoms with Gasteiger partial charge in [-0.3, -0.25) is 0 Å². The van der Waals surface area contributed by atoms with Gasteiger partial charge in [0.15, 0.2) is 0 Å². The number of aryl methyl sites for hydroxylation is 1. The molecule has 2 aromatic carbocycles. The van der Waals surface area contributed by atoms with Crippen molar-refractivity contribution >= 4 is 16.5 Å². The quantitative estimate of drug-likeness (QED) is 0.483. The van der Waals surface area contributed by atoms with Gasteiger partial charge in [0.25, 0.3) is 0 Å². The Morgan fingerprint density at radius 2 is 1.52 bits per heavy atom. The standard InChI is InChI=1S/C22H25N.3C2H6/c1-6-7-10-20(16(2)3)15-23-18(5)21-14-13-19-11-8-9-12-22(19)17(21)4;3*1-2/h6-14,23H,2,5,15H2,1,3-4H3;3*1-2H3/b7-6-,20-10+;;;. The molecular formula is C28H43N. The first-order valence-electron chi connectivity index (χ1n) is 10.9. The summed E-state index contributed by atoms with van der Waals surface area (Å²) >= 11 is 0. The molecule has 0 fully saturated rings. The van der Waals surface area contributed by atoms with Crippen LogP contribution in [0.2, 0.25) is 0 Å². The highest BCUT2D eigenvalue weighted by Gasteiger charge is 2.07. The molecule has 2 rings (SSSR count). The molecule has 1 heteroatoms. The largest absolute Gasteiger partial charge is 0.381 e. The number of allylic oxidation sites excluding steroid dienone is 3. The van der Waals surface area contributed by atoms with Gasteiger partial charge >= 0.3 is 0 Å². The zero-order valence-electron chi connectivity index (χ0n) is 20.3. The van der Waals surface area contributed by atoms with Crippen LogP contribution in [0.5, 0.6) is 0 Å². The smallest absolute Gasteiger partial charge is 0.0403 e. The summed E-state index contributed by atoms with van der Waals surface area (Å²) in [5.74, 6) is 0. The van der Waals surface area contributed by atoms with E-state index in [4.69, 9.17) is 0 Å². The molecule has 0 aromatic heterocycles. The maximum Gasteiger partial charge on any atom is 0.0403 e. The van der Waals surface area contributed by atoms with E-state index in [0.29, 0.717) is 0 Å². The van der Waals surface area contributed by atoms with Gasteiger partial charge in [-0.15, -0.1) is 0 Å². The van der Waals surface area contributed by atoms with E-state index in [1.807, 2.05) is 67.5 Å². The van der Waals surface area contributed by atoms with Crippen molar-refractivity contribution in [3.63, 3.8) is 0 Å². The molecule has 0 aliphatic rings. The fourth-order valence-corrected chi connectivity index (χ4v) is 2.62. The van der Waals surface area contributed by atoms with Gasteiger partial charge < -0.3 is 5.32 Å². The third kappa shape index (κ3) is 9.47. The lowest BCUT2D eigenvalue weighted by Gasteiger charge is -2.15. The SMILES string of the molecule is C=C(C)/C(=C/C=C\C)CNC(=C)c1ccc2ccccc2c1C.CC.CC.CC. The van der Waals surface area contributed by atoms with Crippen molar-refractivity contribution in [2.24, 2.45) is 0 Å². The summed E-state index contributed by atoms with van der Waals surface area (Å²) in [4.78, 5) is 0. The second kappa shape index (κ2) is 17.6. The Kier molecular flexibility index (Phi) is 17.4. The van der Waals surface area contributed by atoms with E-state index >= 15 is 0 Å². The summed E-state index contributed by atoms with van der Waals surface area (Å²) in [5.41, 5.74) is 5.62. The number of hydrogen-bond acceptors (Lipinski definition) is 1. The van der Waals surface area contributed by atoms with Crippen LogP contribution in [0.3, 0.4) is 0 Å². The van der Waals surface area contributed by atoms with Crippen molar-refractivity contribution in [2.45, 2.75) is 62.3 Å². The number of nitrogens with one attached hydrogen (secondary N) is 1.